The number of aromatic nitrogens is 1. The fraction of sp³-hybridized carbons (Fsp3) is 0.500. The van der Waals surface area contributed by atoms with Crippen molar-refractivity contribution in [2.24, 2.45) is 4.99 Å². The molecule has 1 fully saturated rings. The normalized spacial score (nSPS) is 16.3. The minimum absolute atomic E-state index is 0. The molecule has 1 aliphatic rings. The van der Waals surface area contributed by atoms with Crippen LogP contribution < -0.4 is 10.6 Å². The van der Waals surface area contributed by atoms with E-state index in [2.05, 4.69) is 77.8 Å². The van der Waals surface area contributed by atoms with Crippen molar-refractivity contribution in [1.82, 2.24) is 15.2 Å². The second-order valence-corrected chi connectivity index (χ2v) is 7.25. The number of hydrogen-bond acceptors (Lipinski definition) is 2. The van der Waals surface area contributed by atoms with E-state index < -0.39 is 0 Å². The Morgan fingerprint density at radius 1 is 1.11 bits per heavy atom. The van der Waals surface area contributed by atoms with Crippen molar-refractivity contribution in [2.45, 2.75) is 38.6 Å². The van der Waals surface area contributed by atoms with Crippen LogP contribution in [0.1, 0.15) is 30.9 Å². The molecule has 1 aromatic heterocycles. The van der Waals surface area contributed by atoms with Crippen molar-refractivity contribution in [3.05, 3.63) is 59.9 Å². The van der Waals surface area contributed by atoms with Gasteiger partial charge in [0.15, 0.2) is 5.96 Å². The van der Waals surface area contributed by atoms with Crippen LogP contribution in [0.25, 0.3) is 0 Å². The van der Waals surface area contributed by atoms with Gasteiger partial charge in [0, 0.05) is 50.7 Å². The summed E-state index contributed by atoms with van der Waals surface area (Å²) in [6.45, 7) is 9.33. The number of benzene rings is 1. The highest BCUT2D eigenvalue weighted by atomic mass is 127. The van der Waals surface area contributed by atoms with E-state index in [-0.39, 0.29) is 29.4 Å². The Hall–Kier alpha value is -1.54. The van der Waals surface area contributed by atoms with E-state index >= 15 is 0 Å². The van der Waals surface area contributed by atoms with Gasteiger partial charge in [-0.25, -0.2) is 0 Å². The Morgan fingerprint density at radius 3 is 2.50 bits per heavy atom. The Morgan fingerprint density at radius 2 is 1.82 bits per heavy atom. The zero-order chi connectivity index (χ0) is 19.0. The molecule has 5 nitrogen and oxygen atoms in total. The lowest BCUT2D eigenvalue weighted by atomic mass is 9.72. The predicted molar refractivity (Wildman–Crippen MR) is 127 cm³/mol. The third-order valence-electron chi connectivity index (χ3n) is 5.38. The fourth-order valence-corrected chi connectivity index (χ4v) is 3.84. The van der Waals surface area contributed by atoms with Gasteiger partial charge in [-0.2, -0.15) is 0 Å². The number of guanidine groups is 1. The van der Waals surface area contributed by atoms with Gasteiger partial charge >= 0.3 is 0 Å². The Kier molecular flexibility index (Phi) is 9.31. The zero-order valence-electron chi connectivity index (χ0n) is 17.0. The van der Waals surface area contributed by atoms with E-state index in [4.69, 9.17) is 9.73 Å². The topological polar surface area (TPSA) is 50.6 Å². The summed E-state index contributed by atoms with van der Waals surface area (Å²) < 4.78 is 7.83. The Bertz CT molecular complexity index is 724. The number of aliphatic imine (C=N–C) groups is 1. The van der Waals surface area contributed by atoms with Gasteiger partial charge < -0.3 is 19.9 Å². The van der Waals surface area contributed by atoms with Crippen molar-refractivity contribution in [1.29, 1.82) is 0 Å². The van der Waals surface area contributed by atoms with E-state index in [9.17, 15) is 0 Å². The van der Waals surface area contributed by atoms with Crippen LogP contribution in [0, 0.1) is 6.92 Å². The lowest BCUT2D eigenvalue weighted by molar-refractivity contribution is 0.0529. The van der Waals surface area contributed by atoms with Crippen molar-refractivity contribution in [3.63, 3.8) is 0 Å². The van der Waals surface area contributed by atoms with Gasteiger partial charge in [0.1, 0.15) is 0 Å². The lowest BCUT2D eigenvalue weighted by Crippen LogP contribution is -2.42. The molecule has 0 radical (unpaired) electrons. The van der Waals surface area contributed by atoms with E-state index in [0.717, 1.165) is 58.2 Å². The van der Waals surface area contributed by atoms with Crippen molar-refractivity contribution in [2.75, 3.05) is 32.8 Å². The fourth-order valence-electron chi connectivity index (χ4n) is 3.84. The minimum Gasteiger partial charge on any atom is -0.381 e. The molecule has 0 aliphatic carbocycles. The smallest absolute Gasteiger partial charge is 0.191 e. The number of halogens is 1. The maximum atomic E-state index is 5.66. The van der Waals surface area contributed by atoms with Gasteiger partial charge in [0.05, 0.1) is 6.54 Å². The number of nitrogens with one attached hydrogen (secondary N) is 2. The molecular weight excluding hydrogens is 463 g/mol. The first-order valence-electron chi connectivity index (χ1n) is 10.0. The first-order chi connectivity index (χ1) is 13.2. The predicted octanol–water partition coefficient (Wildman–Crippen LogP) is 3.72. The van der Waals surface area contributed by atoms with Crippen LogP contribution in [0.4, 0.5) is 0 Å². The molecule has 1 aliphatic heterocycles. The summed E-state index contributed by atoms with van der Waals surface area (Å²) in [5, 5.41) is 6.85. The number of nitrogens with zero attached hydrogens (tertiary/aromatic N) is 2. The Labute approximate surface area is 186 Å². The summed E-state index contributed by atoms with van der Waals surface area (Å²) in [5.74, 6) is 0.893. The van der Waals surface area contributed by atoms with Gasteiger partial charge in [-0.15, -0.1) is 24.0 Å². The van der Waals surface area contributed by atoms with Gasteiger partial charge in [-0.1, -0.05) is 24.3 Å². The molecule has 0 bridgehead atoms. The van der Waals surface area contributed by atoms with Crippen LogP contribution in [-0.2, 0) is 16.7 Å². The van der Waals surface area contributed by atoms with E-state index in [1.54, 1.807) is 0 Å². The summed E-state index contributed by atoms with van der Waals surface area (Å²) in [7, 11) is 0. The molecule has 2 N–H and O–H groups in total. The molecule has 0 saturated carbocycles. The van der Waals surface area contributed by atoms with Crippen molar-refractivity contribution >= 4 is 29.9 Å². The molecule has 0 atom stereocenters. The molecule has 28 heavy (non-hydrogen) atoms. The Balaban J connectivity index is 0.00000280. The van der Waals surface area contributed by atoms with Gasteiger partial charge in [0.2, 0.25) is 0 Å². The van der Waals surface area contributed by atoms with E-state index in [1.165, 1.54) is 11.1 Å². The van der Waals surface area contributed by atoms with Crippen molar-refractivity contribution < 1.29 is 4.74 Å². The highest BCUT2D eigenvalue weighted by Gasteiger charge is 2.35. The second kappa shape index (κ2) is 11.5. The third-order valence-corrected chi connectivity index (χ3v) is 5.38. The standard InChI is InChI=1S/C22H32N4O.HI/c1-3-23-21(24-12-15-26-13-6-7-14-26)25-18-22(10-16-27-17-11-22)20-9-5-4-8-19(20)2;/h4-9,13-14H,3,10-12,15-18H2,1-2H3,(H2,23,24,25);1H. The van der Waals surface area contributed by atoms with E-state index in [1.807, 2.05) is 0 Å². The van der Waals surface area contributed by atoms with Crippen LogP contribution in [0.15, 0.2) is 53.8 Å². The molecule has 2 heterocycles. The maximum absolute atomic E-state index is 5.66. The molecular formula is C22H33IN4O. The number of hydrogen-bond donors (Lipinski definition) is 2. The average molecular weight is 496 g/mol. The summed E-state index contributed by atoms with van der Waals surface area (Å²) in [6.07, 6.45) is 6.20. The molecule has 6 heteroatoms. The SMILES string of the molecule is CCNC(=NCC1(c2ccccc2C)CCOCC1)NCCn1cccc1.I. The average Bonchev–Trinajstić information content (AvgIpc) is 3.21. The molecule has 0 unspecified atom stereocenters. The van der Waals surface area contributed by atoms with Gasteiger partial charge in [-0.3, -0.25) is 4.99 Å². The number of ether oxygens (including phenoxy) is 1. The molecule has 2 aromatic rings. The quantitative estimate of drug-likeness (QED) is 0.349. The monoisotopic (exact) mass is 496 g/mol. The largest absolute Gasteiger partial charge is 0.381 e. The van der Waals surface area contributed by atoms with Gasteiger partial charge in [0.25, 0.3) is 0 Å². The summed E-state index contributed by atoms with van der Waals surface area (Å²) in [5.41, 5.74) is 2.83. The zero-order valence-corrected chi connectivity index (χ0v) is 19.3. The summed E-state index contributed by atoms with van der Waals surface area (Å²) in [6, 6.07) is 12.8. The molecule has 3 rings (SSSR count). The number of rotatable bonds is 7. The van der Waals surface area contributed by atoms with Crippen LogP contribution in [0.2, 0.25) is 0 Å². The molecule has 0 amide bonds. The van der Waals surface area contributed by atoms with Crippen LogP contribution in [0.5, 0.6) is 0 Å². The third kappa shape index (κ3) is 5.98. The summed E-state index contributed by atoms with van der Waals surface area (Å²) in [4.78, 5) is 4.98. The first-order valence-corrected chi connectivity index (χ1v) is 10.0. The summed E-state index contributed by atoms with van der Waals surface area (Å²) >= 11 is 0. The molecule has 0 spiro atoms. The minimum atomic E-state index is 0. The first kappa shape index (κ1) is 22.7. The van der Waals surface area contributed by atoms with Crippen molar-refractivity contribution in [3.8, 4) is 0 Å². The highest BCUT2D eigenvalue weighted by Crippen LogP contribution is 2.36. The van der Waals surface area contributed by atoms with Crippen LogP contribution in [0.3, 0.4) is 0 Å². The number of aryl methyl sites for hydroxylation is 1. The molecule has 154 valence electrons. The van der Waals surface area contributed by atoms with Gasteiger partial charge in [-0.05, 0) is 49.9 Å². The molecule has 1 saturated heterocycles. The lowest BCUT2D eigenvalue weighted by Gasteiger charge is -2.37. The second-order valence-electron chi connectivity index (χ2n) is 7.25. The maximum Gasteiger partial charge on any atom is 0.191 e. The van der Waals surface area contributed by atoms with E-state index in [0.29, 0.717) is 0 Å². The highest BCUT2D eigenvalue weighted by molar-refractivity contribution is 14.0. The molecule has 1 aromatic carbocycles. The van der Waals surface area contributed by atoms with Crippen LogP contribution in [-0.4, -0.2) is 43.4 Å². The van der Waals surface area contributed by atoms with Crippen LogP contribution >= 0.6 is 24.0 Å².